The molecule has 0 aliphatic heterocycles. The van der Waals surface area contributed by atoms with Crippen molar-refractivity contribution in [2.45, 2.75) is 26.1 Å². The number of carbonyl (C=O) groups is 1. The molecule has 0 fully saturated rings. The molecule has 1 unspecified atom stereocenters. The van der Waals surface area contributed by atoms with Crippen molar-refractivity contribution in [2.75, 3.05) is 25.2 Å². The molecule has 5 nitrogen and oxygen atoms in total. The van der Waals surface area contributed by atoms with Gasteiger partial charge in [0.15, 0.2) is 0 Å². The highest BCUT2D eigenvalue weighted by atomic mass is 19.4. The Morgan fingerprint density at radius 1 is 1.48 bits per heavy atom. The molecule has 1 atom stereocenters. The number of hydrogen-bond donors (Lipinski definition) is 1. The largest absolute Gasteiger partial charge is 0.433 e. The molecule has 0 aliphatic rings. The number of ether oxygens (including phenoxy) is 1. The number of amides is 1. The average molecular weight is 305 g/mol. The van der Waals surface area contributed by atoms with E-state index in [9.17, 15) is 18.0 Å². The van der Waals surface area contributed by atoms with E-state index in [0.29, 0.717) is 6.54 Å². The highest BCUT2D eigenvalue weighted by Gasteiger charge is 2.34. The molecular formula is C13H18F3N3O2. The van der Waals surface area contributed by atoms with Crippen LogP contribution in [-0.2, 0) is 10.9 Å². The number of primary amides is 1. The van der Waals surface area contributed by atoms with Crippen molar-refractivity contribution in [3.05, 3.63) is 23.4 Å². The predicted octanol–water partition coefficient (Wildman–Crippen LogP) is 2.06. The zero-order valence-electron chi connectivity index (χ0n) is 12.1. The van der Waals surface area contributed by atoms with Crippen LogP contribution in [0.1, 0.15) is 29.9 Å². The van der Waals surface area contributed by atoms with Crippen molar-refractivity contribution in [1.82, 2.24) is 4.98 Å². The summed E-state index contributed by atoms with van der Waals surface area (Å²) in [5.74, 6) is -0.904. The van der Waals surface area contributed by atoms with E-state index < -0.39 is 17.8 Å². The minimum absolute atomic E-state index is 0.0483. The molecule has 0 spiro atoms. The summed E-state index contributed by atoms with van der Waals surface area (Å²) in [7, 11) is 1.49. The fourth-order valence-corrected chi connectivity index (χ4v) is 2.02. The number of rotatable bonds is 6. The van der Waals surface area contributed by atoms with Crippen LogP contribution in [0.4, 0.5) is 19.0 Å². The first-order valence-corrected chi connectivity index (χ1v) is 6.36. The van der Waals surface area contributed by atoms with Crippen LogP contribution in [0.5, 0.6) is 0 Å². The van der Waals surface area contributed by atoms with Gasteiger partial charge in [-0.05, 0) is 26.0 Å². The molecule has 1 aromatic rings. The fourth-order valence-electron chi connectivity index (χ4n) is 2.02. The lowest BCUT2D eigenvalue weighted by molar-refractivity contribution is -0.141. The maximum Gasteiger partial charge on any atom is 0.433 e. The SMILES string of the molecule is CCN(c1nc(C(F)(F)F)ccc1C(N)=O)C(C)COC. The number of alkyl halides is 3. The van der Waals surface area contributed by atoms with Gasteiger partial charge in [0.2, 0.25) is 0 Å². The lowest BCUT2D eigenvalue weighted by Crippen LogP contribution is -2.38. The van der Waals surface area contributed by atoms with E-state index in [1.165, 1.54) is 7.11 Å². The topological polar surface area (TPSA) is 68.5 Å². The Morgan fingerprint density at radius 3 is 2.52 bits per heavy atom. The molecule has 21 heavy (non-hydrogen) atoms. The van der Waals surface area contributed by atoms with E-state index in [1.807, 2.05) is 0 Å². The highest BCUT2D eigenvalue weighted by Crippen LogP contribution is 2.31. The van der Waals surface area contributed by atoms with Crippen molar-refractivity contribution in [3.8, 4) is 0 Å². The first-order chi connectivity index (χ1) is 9.72. The Morgan fingerprint density at radius 2 is 2.10 bits per heavy atom. The molecule has 0 aromatic carbocycles. The zero-order chi connectivity index (χ0) is 16.2. The van der Waals surface area contributed by atoms with Crippen LogP contribution < -0.4 is 10.6 Å². The van der Waals surface area contributed by atoms with Crippen LogP contribution in [-0.4, -0.2) is 37.2 Å². The standard InChI is InChI=1S/C13H18F3N3O2/c1-4-19(8(2)7-21-3)12-9(11(17)20)5-6-10(18-12)13(14,15)16/h5-6,8H,4,7H2,1-3H3,(H2,17,20). The number of pyridine rings is 1. The molecule has 0 bridgehead atoms. The molecule has 1 amide bonds. The minimum Gasteiger partial charge on any atom is -0.383 e. The summed E-state index contributed by atoms with van der Waals surface area (Å²) in [4.78, 5) is 16.6. The smallest absolute Gasteiger partial charge is 0.383 e. The van der Waals surface area contributed by atoms with Crippen molar-refractivity contribution in [3.63, 3.8) is 0 Å². The van der Waals surface area contributed by atoms with E-state index in [0.717, 1.165) is 12.1 Å². The van der Waals surface area contributed by atoms with Gasteiger partial charge in [0, 0.05) is 13.7 Å². The van der Waals surface area contributed by atoms with Crippen molar-refractivity contribution in [2.24, 2.45) is 5.73 Å². The zero-order valence-corrected chi connectivity index (χ0v) is 12.1. The average Bonchev–Trinajstić information content (AvgIpc) is 2.38. The van der Waals surface area contributed by atoms with Gasteiger partial charge in [-0.2, -0.15) is 13.2 Å². The number of hydrogen-bond acceptors (Lipinski definition) is 4. The van der Waals surface area contributed by atoms with Crippen molar-refractivity contribution < 1.29 is 22.7 Å². The molecule has 1 rings (SSSR count). The van der Waals surface area contributed by atoms with E-state index in [4.69, 9.17) is 10.5 Å². The molecule has 8 heteroatoms. The van der Waals surface area contributed by atoms with Crippen molar-refractivity contribution in [1.29, 1.82) is 0 Å². The molecule has 1 aromatic heterocycles. The molecule has 118 valence electrons. The van der Waals surface area contributed by atoms with Crippen molar-refractivity contribution >= 4 is 11.7 Å². The summed E-state index contributed by atoms with van der Waals surface area (Å²) in [5.41, 5.74) is 4.11. The third-order valence-electron chi connectivity index (χ3n) is 2.98. The van der Waals surface area contributed by atoms with Gasteiger partial charge in [0.1, 0.15) is 11.5 Å². The summed E-state index contributed by atoms with van der Waals surface area (Å²) >= 11 is 0. The normalized spacial score (nSPS) is 13.0. The summed E-state index contributed by atoms with van der Waals surface area (Å²) in [6.07, 6.45) is -4.59. The maximum atomic E-state index is 12.8. The monoisotopic (exact) mass is 305 g/mol. The minimum atomic E-state index is -4.59. The van der Waals surface area contributed by atoms with Gasteiger partial charge in [-0.1, -0.05) is 0 Å². The fraction of sp³-hybridized carbons (Fsp3) is 0.538. The lowest BCUT2D eigenvalue weighted by atomic mass is 10.1. The van der Waals surface area contributed by atoms with Gasteiger partial charge in [0.05, 0.1) is 18.2 Å². The second-order valence-corrected chi connectivity index (χ2v) is 4.52. The number of likely N-dealkylation sites (N-methyl/N-ethyl adjacent to an activating group) is 1. The van der Waals surface area contributed by atoms with Crippen LogP contribution in [0.15, 0.2) is 12.1 Å². The number of halogens is 3. The van der Waals surface area contributed by atoms with Crippen LogP contribution in [0.2, 0.25) is 0 Å². The Hall–Kier alpha value is -1.83. The van der Waals surface area contributed by atoms with Gasteiger partial charge >= 0.3 is 6.18 Å². The molecule has 0 radical (unpaired) electrons. The number of anilines is 1. The lowest BCUT2D eigenvalue weighted by Gasteiger charge is -2.30. The Kier molecular flexibility index (Phi) is 5.54. The second kappa shape index (κ2) is 6.75. The van der Waals surface area contributed by atoms with E-state index >= 15 is 0 Å². The van der Waals surface area contributed by atoms with E-state index in [1.54, 1.807) is 18.7 Å². The van der Waals surface area contributed by atoms with Gasteiger partial charge in [-0.15, -0.1) is 0 Å². The Balaban J connectivity index is 3.37. The van der Waals surface area contributed by atoms with Crippen LogP contribution in [0.25, 0.3) is 0 Å². The maximum absolute atomic E-state index is 12.8. The number of aromatic nitrogens is 1. The van der Waals surface area contributed by atoms with Gasteiger partial charge in [-0.3, -0.25) is 4.79 Å². The summed E-state index contributed by atoms with van der Waals surface area (Å²) < 4.78 is 43.4. The van der Waals surface area contributed by atoms with Gasteiger partial charge in [0.25, 0.3) is 5.91 Å². The Labute approximate surface area is 120 Å². The van der Waals surface area contributed by atoms with E-state index in [-0.39, 0.29) is 24.0 Å². The predicted molar refractivity (Wildman–Crippen MR) is 72.1 cm³/mol. The molecule has 0 saturated heterocycles. The van der Waals surface area contributed by atoms with Crippen LogP contribution in [0, 0.1) is 0 Å². The van der Waals surface area contributed by atoms with Gasteiger partial charge < -0.3 is 15.4 Å². The van der Waals surface area contributed by atoms with Crippen LogP contribution in [0.3, 0.4) is 0 Å². The number of methoxy groups -OCH3 is 1. The molecule has 0 saturated carbocycles. The highest BCUT2D eigenvalue weighted by molar-refractivity contribution is 5.97. The van der Waals surface area contributed by atoms with Crippen LogP contribution >= 0.6 is 0 Å². The first kappa shape index (κ1) is 17.2. The quantitative estimate of drug-likeness (QED) is 0.873. The number of carbonyl (C=O) groups excluding carboxylic acids is 1. The third-order valence-corrected chi connectivity index (χ3v) is 2.98. The van der Waals surface area contributed by atoms with E-state index in [2.05, 4.69) is 4.98 Å². The number of nitrogens with zero attached hydrogens (tertiary/aromatic N) is 2. The number of nitrogens with two attached hydrogens (primary N) is 1. The summed E-state index contributed by atoms with van der Waals surface area (Å²) in [5, 5.41) is 0. The third kappa shape index (κ3) is 4.07. The van der Waals surface area contributed by atoms with Gasteiger partial charge in [-0.25, -0.2) is 4.98 Å². The Bertz CT molecular complexity index is 506. The molecule has 0 aliphatic carbocycles. The first-order valence-electron chi connectivity index (χ1n) is 6.36. The molecule has 2 N–H and O–H groups in total. The molecular weight excluding hydrogens is 287 g/mol. The summed E-state index contributed by atoms with van der Waals surface area (Å²) in [6.45, 7) is 4.15. The summed E-state index contributed by atoms with van der Waals surface area (Å²) in [6, 6.07) is 1.54. The molecule has 1 heterocycles. The second-order valence-electron chi connectivity index (χ2n) is 4.52.